The zero-order valence-corrected chi connectivity index (χ0v) is 11.7. The Hall–Kier alpha value is -2.21. The van der Waals surface area contributed by atoms with Gasteiger partial charge in [0, 0.05) is 18.5 Å². The number of carbonyl (C=O) groups excluding carboxylic acids is 1. The lowest BCUT2D eigenvalue weighted by molar-refractivity contribution is -0.124. The maximum Gasteiger partial charge on any atom is 0.238 e. The van der Waals surface area contributed by atoms with Crippen LogP contribution >= 0.6 is 0 Å². The Labute approximate surface area is 122 Å². The number of hydrogen-bond donors (Lipinski definition) is 3. The van der Waals surface area contributed by atoms with Crippen molar-refractivity contribution in [2.75, 3.05) is 0 Å². The number of hydrogen-bond acceptors (Lipinski definition) is 3. The van der Waals surface area contributed by atoms with Gasteiger partial charge in [-0.2, -0.15) is 0 Å². The summed E-state index contributed by atoms with van der Waals surface area (Å²) >= 11 is 0. The summed E-state index contributed by atoms with van der Waals surface area (Å²) in [6.45, 7) is 2.36. The molecule has 0 fully saturated rings. The normalized spacial score (nSPS) is 18.9. The Morgan fingerprint density at radius 3 is 3.10 bits per heavy atom. The molecule has 1 aliphatic heterocycles. The van der Waals surface area contributed by atoms with Crippen LogP contribution in [-0.4, -0.2) is 21.9 Å². The molecule has 1 aliphatic rings. The van der Waals surface area contributed by atoms with E-state index in [-0.39, 0.29) is 23.8 Å². The maximum atomic E-state index is 13.7. The van der Waals surface area contributed by atoms with Gasteiger partial charge in [-0.1, -0.05) is 18.2 Å². The quantitative estimate of drug-likeness (QED) is 0.800. The van der Waals surface area contributed by atoms with Gasteiger partial charge in [0.05, 0.1) is 29.8 Å². The zero-order chi connectivity index (χ0) is 14.8. The fourth-order valence-corrected chi connectivity index (χ4v) is 2.57. The van der Waals surface area contributed by atoms with Crippen LogP contribution in [0.5, 0.6) is 0 Å². The first kappa shape index (κ1) is 13.8. The Kier molecular flexibility index (Phi) is 3.70. The van der Waals surface area contributed by atoms with Crippen LogP contribution in [0.2, 0.25) is 0 Å². The highest BCUT2D eigenvalue weighted by Gasteiger charge is 2.27. The van der Waals surface area contributed by atoms with E-state index in [0.717, 1.165) is 11.4 Å². The standard InChI is InChI=1S/C15H17FN4O/c1-9(10-4-2-3-5-11(10)16)20-15(21)13-6-12-14(7-17-13)19-8-18-12/h2-5,8-9,13,17H,6-7H2,1H3,(H,18,19)(H,20,21). The molecule has 2 atom stereocenters. The van der Waals surface area contributed by atoms with Gasteiger partial charge in [-0.05, 0) is 13.0 Å². The third-order valence-corrected chi connectivity index (χ3v) is 3.78. The third kappa shape index (κ3) is 2.80. The number of imidazole rings is 1. The van der Waals surface area contributed by atoms with Gasteiger partial charge in [-0.25, -0.2) is 9.37 Å². The van der Waals surface area contributed by atoms with Crippen molar-refractivity contribution in [2.24, 2.45) is 0 Å². The summed E-state index contributed by atoms with van der Waals surface area (Å²) in [6, 6.07) is 5.76. The Morgan fingerprint density at radius 2 is 2.29 bits per heavy atom. The van der Waals surface area contributed by atoms with Crippen LogP contribution in [0.1, 0.15) is 29.9 Å². The molecule has 0 radical (unpaired) electrons. The topological polar surface area (TPSA) is 69.8 Å². The van der Waals surface area contributed by atoms with E-state index in [1.165, 1.54) is 6.07 Å². The van der Waals surface area contributed by atoms with Crippen molar-refractivity contribution in [3.05, 3.63) is 53.4 Å². The predicted octanol–water partition coefficient (Wildman–Crippen LogP) is 1.44. The highest BCUT2D eigenvalue weighted by atomic mass is 19.1. The second-order valence-corrected chi connectivity index (χ2v) is 5.22. The fourth-order valence-electron chi connectivity index (χ4n) is 2.57. The summed E-state index contributed by atoms with van der Waals surface area (Å²) in [5.41, 5.74) is 2.41. The molecule has 0 bridgehead atoms. The molecule has 0 saturated heterocycles. The number of H-pyrrole nitrogens is 1. The number of carbonyl (C=O) groups is 1. The van der Waals surface area contributed by atoms with E-state index in [4.69, 9.17) is 0 Å². The molecule has 1 aromatic heterocycles. The van der Waals surface area contributed by atoms with E-state index in [9.17, 15) is 9.18 Å². The Balaban J connectivity index is 1.66. The highest BCUT2D eigenvalue weighted by Crippen LogP contribution is 2.17. The van der Waals surface area contributed by atoms with Gasteiger partial charge >= 0.3 is 0 Å². The van der Waals surface area contributed by atoms with Gasteiger partial charge in [0.2, 0.25) is 5.91 Å². The summed E-state index contributed by atoms with van der Waals surface area (Å²) in [5, 5.41) is 6.01. The van der Waals surface area contributed by atoms with Crippen molar-refractivity contribution in [2.45, 2.75) is 32.0 Å². The molecule has 3 rings (SSSR count). The Morgan fingerprint density at radius 1 is 1.48 bits per heavy atom. The van der Waals surface area contributed by atoms with E-state index in [0.29, 0.717) is 18.5 Å². The number of aromatic amines is 1. The molecule has 21 heavy (non-hydrogen) atoms. The summed E-state index contributed by atoms with van der Waals surface area (Å²) in [7, 11) is 0. The summed E-state index contributed by atoms with van der Waals surface area (Å²) < 4.78 is 13.7. The SMILES string of the molecule is CC(NC(=O)C1Cc2nc[nH]c2CN1)c1ccccc1F. The number of nitrogens with one attached hydrogen (secondary N) is 3. The maximum absolute atomic E-state index is 13.7. The van der Waals surface area contributed by atoms with Crippen LogP contribution in [0.15, 0.2) is 30.6 Å². The van der Waals surface area contributed by atoms with Gasteiger partial charge in [-0.15, -0.1) is 0 Å². The van der Waals surface area contributed by atoms with Crippen molar-refractivity contribution in [3.63, 3.8) is 0 Å². The van der Waals surface area contributed by atoms with Crippen molar-refractivity contribution in [1.29, 1.82) is 0 Å². The minimum atomic E-state index is -0.374. The molecule has 110 valence electrons. The molecule has 1 aromatic carbocycles. The van der Waals surface area contributed by atoms with E-state index in [2.05, 4.69) is 20.6 Å². The molecule has 2 unspecified atom stereocenters. The molecule has 2 aromatic rings. The molecule has 0 saturated carbocycles. The molecule has 6 heteroatoms. The number of rotatable bonds is 3. The average Bonchev–Trinajstić information content (AvgIpc) is 2.94. The number of aromatic nitrogens is 2. The smallest absolute Gasteiger partial charge is 0.238 e. The average molecular weight is 288 g/mol. The summed E-state index contributed by atoms with van der Waals surface area (Å²) in [6.07, 6.45) is 2.17. The number of nitrogens with zero attached hydrogens (tertiary/aromatic N) is 1. The van der Waals surface area contributed by atoms with Crippen molar-refractivity contribution < 1.29 is 9.18 Å². The lowest BCUT2D eigenvalue weighted by Crippen LogP contribution is -2.48. The van der Waals surface area contributed by atoms with Gasteiger partial charge in [0.15, 0.2) is 0 Å². The van der Waals surface area contributed by atoms with Crippen LogP contribution in [0.4, 0.5) is 4.39 Å². The monoisotopic (exact) mass is 288 g/mol. The number of benzene rings is 1. The van der Waals surface area contributed by atoms with E-state index < -0.39 is 0 Å². The largest absolute Gasteiger partial charge is 0.348 e. The van der Waals surface area contributed by atoms with Crippen molar-refractivity contribution in [3.8, 4) is 0 Å². The third-order valence-electron chi connectivity index (χ3n) is 3.78. The van der Waals surface area contributed by atoms with Gasteiger partial charge < -0.3 is 10.3 Å². The second kappa shape index (κ2) is 5.65. The first-order valence-electron chi connectivity index (χ1n) is 6.94. The van der Waals surface area contributed by atoms with Crippen LogP contribution in [0.3, 0.4) is 0 Å². The van der Waals surface area contributed by atoms with Crippen molar-refractivity contribution in [1.82, 2.24) is 20.6 Å². The first-order valence-corrected chi connectivity index (χ1v) is 6.94. The molecular formula is C15H17FN4O. The minimum absolute atomic E-state index is 0.139. The lowest BCUT2D eigenvalue weighted by Gasteiger charge is -2.24. The molecule has 1 amide bonds. The fraction of sp³-hybridized carbons (Fsp3) is 0.333. The number of halogens is 1. The highest BCUT2D eigenvalue weighted by molar-refractivity contribution is 5.82. The number of amides is 1. The molecular weight excluding hydrogens is 271 g/mol. The first-order chi connectivity index (χ1) is 10.1. The Bertz CT molecular complexity index is 655. The molecule has 0 spiro atoms. The van der Waals surface area contributed by atoms with Crippen LogP contribution in [-0.2, 0) is 17.8 Å². The lowest BCUT2D eigenvalue weighted by atomic mass is 10.0. The summed E-state index contributed by atoms with van der Waals surface area (Å²) in [4.78, 5) is 19.5. The molecule has 0 aliphatic carbocycles. The number of fused-ring (bicyclic) bond motifs is 1. The van der Waals surface area contributed by atoms with E-state index in [1.807, 2.05) is 0 Å². The van der Waals surface area contributed by atoms with Crippen molar-refractivity contribution >= 4 is 5.91 Å². The minimum Gasteiger partial charge on any atom is -0.348 e. The van der Waals surface area contributed by atoms with Gasteiger partial charge in [-0.3, -0.25) is 10.1 Å². The van der Waals surface area contributed by atoms with Gasteiger partial charge in [0.1, 0.15) is 5.82 Å². The summed E-state index contributed by atoms with van der Waals surface area (Å²) in [5.74, 6) is -0.448. The van der Waals surface area contributed by atoms with Crippen LogP contribution < -0.4 is 10.6 Å². The van der Waals surface area contributed by atoms with Crippen LogP contribution in [0.25, 0.3) is 0 Å². The second-order valence-electron chi connectivity index (χ2n) is 5.22. The van der Waals surface area contributed by atoms with E-state index in [1.54, 1.807) is 31.5 Å². The molecule has 5 nitrogen and oxygen atoms in total. The van der Waals surface area contributed by atoms with Gasteiger partial charge in [0.25, 0.3) is 0 Å². The van der Waals surface area contributed by atoms with Crippen LogP contribution in [0, 0.1) is 5.82 Å². The molecule has 3 N–H and O–H groups in total. The zero-order valence-electron chi connectivity index (χ0n) is 11.7. The van der Waals surface area contributed by atoms with E-state index >= 15 is 0 Å². The predicted molar refractivity (Wildman–Crippen MR) is 75.9 cm³/mol. The molecule has 2 heterocycles.